The predicted molar refractivity (Wildman–Crippen MR) is 83.2 cm³/mol. The van der Waals surface area contributed by atoms with Crippen molar-refractivity contribution in [3.63, 3.8) is 0 Å². The molecule has 8 nitrogen and oxygen atoms in total. The molecule has 0 atom stereocenters. The molecule has 0 spiro atoms. The van der Waals surface area contributed by atoms with Gasteiger partial charge in [0.1, 0.15) is 11.6 Å². The largest absolute Gasteiger partial charge is 0.465 e. The first-order valence-corrected chi connectivity index (χ1v) is 4.90. The molecule has 0 bridgehead atoms. The highest BCUT2D eigenvalue weighted by molar-refractivity contribution is 5.96. The van der Waals surface area contributed by atoms with Gasteiger partial charge >= 0.3 is 6.09 Å². The van der Waals surface area contributed by atoms with E-state index in [0.717, 1.165) is 0 Å². The van der Waals surface area contributed by atoms with Gasteiger partial charge in [0.2, 0.25) is 0 Å². The fourth-order valence-electron chi connectivity index (χ4n) is 0.671. The van der Waals surface area contributed by atoms with E-state index in [1.165, 1.54) is 26.8 Å². The number of Topliss-reactive ketones (excluding diaryl/α,β-unsaturated/α-hetero) is 2. The molecule has 0 fully saturated rings. The molecule has 20 heavy (non-hydrogen) atoms. The number of ketones is 3. The molecule has 1 amide bonds. The minimum absolute atomic E-state index is 0. The molecule has 0 aliphatic carbocycles. The molecule has 0 saturated heterocycles. The lowest BCUT2D eigenvalue weighted by Crippen LogP contribution is -2.03. The van der Waals surface area contributed by atoms with Crippen molar-refractivity contribution in [2.45, 2.75) is 34.1 Å². The lowest BCUT2D eigenvalue weighted by molar-refractivity contribution is -0.124. The van der Waals surface area contributed by atoms with Gasteiger partial charge in [0.15, 0.2) is 5.78 Å². The van der Waals surface area contributed by atoms with E-state index in [9.17, 15) is 14.4 Å². The second-order valence-electron chi connectivity index (χ2n) is 3.42. The topological polar surface area (TPSA) is 176 Å². The van der Waals surface area contributed by atoms with E-state index in [1.54, 1.807) is 6.92 Å². The summed E-state index contributed by atoms with van der Waals surface area (Å²) in [5.74, 6) is -0.125. The third kappa shape index (κ3) is 102. The molecule has 0 unspecified atom stereocenters. The van der Waals surface area contributed by atoms with Gasteiger partial charge in [-0.1, -0.05) is 8.41 Å². The summed E-state index contributed by atoms with van der Waals surface area (Å²) in [6.07, 6.45) is 0.139. The Balaban J connectivity index is -0.0000000555. The molecule has 8 N–H and O–H groups in total. The zero-order valence-electron chi connectivity index (χ0n) is 11.7. The fraction of sp³-hybridized carbons (Fsp3) is 0.455. The van der Waals surface area contributed by atoms with Gasteiger partial charge < -0.3 is 22.7 Å². The van der Waals surface area contributed by atoms with Crippen molar-refractivity contribution in [1.29, 1.82) is 0 Å². The molecule has 0 aromatic rings. The number of carbonyl (C=O) groups excluding carboxylic acids is 3. The van der Waals surface area contributed by atoms with Crippen LogP contribution >= 0.6 is 0 Å². The summed E-state index contributed by atoms with van der Waals surface area (Å²) in [4.78, 5) is 38.9. The summed E-state index contributed by atoms with van der Waals surface area (Å²) in [5, 5.41) is 7.19. The van der Waals surface area contributed by atoms with Crippen LogP contribution in [0, 0.1) is 0 Å². The van der Waals surface area contributed by atoms with Gasteiger partial charge in [0, 0.05) is 5.70 Å². The van der Waals surface area contributed by atoms with Crippen LogP contribution in [-0.4, -0.2) is 37.0 Å². The van der Waals surface area contributed by atoms with Crippen LogP contribution in [0.25, 0.3) is 0 Å². The highest BCUT2D eigenvalue weighted by Crippen LogP contribution is 1.80. The monoisotopic (exact) mass is 292 g/mol. The highest BCUT2D eigenvalue weighted by Gasteiger charge is 1.94. The molecule has 0 aromatic carbocycles. The van der Waals surface area contributed by atoms with E-state index in [4.69, 9.17) is 15.6 Å². The van der Waals surface area contributed by atoms with E-state index in [1.807, 2.05) is 0 Å². The second-order valence-corrected chi connectivity index (χ2v) is 3.42. The van der Waals surface area contributed by atoms with Gasteiger partial charge in [0.05, 0.1) is 6.42 Å². The minimum atomic E-state index is -1.33. The Labute approximate surface area is 120 Å². The number of hydrogen-bond donors (Lipinski definition) is 4. The summed E-state index contributed by atoms with van der Waals surface area (Å²) in [7, 11) is 0. The molecular weight excluding hydrogens is 265 g/mol. The molecular formula is C11H27BN3O5-. The van der Waals surface area contributed by atoms with Crippen LogP contribution in [0.2, 0.25) is 0 Å². The first-order chi connectivity index (χ1) is 7.98. The average molecular weight is 292 g/mol. The van der Waals surface area contributed by atoms with Crippen molar-refractivity contribution in [2.24, 2.45) is 11.5 Å². The number of hydrogen-bond acceptors (Lipinski definition) is 6. The number of rotatable bonds is 3. The molecule has 0 radical (unpaired) electrons. The maximum Gasteiger partial charge on any atom is 0.402 e. The van der Waals surface area contributed by atoms with Crippen LogP contribution in [0.4, 0.5) is 4.79 Å². The number of carboxylic acid groups (broad SMARTS) is 1. The molecule has 120 valence electrons. The number of carbonyl (C=O) groups is 4. The number of allylic oxidation sites excluding steroid dienone is 2. The van der Waals surface area contributed by atoms with Crippen LogP contribution in [0.15, 0.2) is 11.8 Å². The summed E-state index contributed by atoms with van der Waals surface area (Å²) in [5.41, 5.74) is 9.72. The van der Waals surface area contributed by atoms with E-state index in [0.29, 0.717) is 5.70 Å². The zero-order chi connectivity index (χ0) is 15.3. The van der Waals surface area contributed by atoms with E-state index in [-0.39, 0.29) is 38.3 Å². The van der Waals surface area contributed by atoms with Gasteiger partial charge in [-0.2, -0.15) is 0 Å². The quantitative estimate of drug-likeness (QED) is 0.302. The number of nitrogens with two attached hydrogens (primary N) is 2. The third-order valence-electron chi connectivity index (χ3n) is 0.929. The van der Waals surface area contributed by atoms with Crippen LogP contribution in [-0.2, 0) is 14.4 Å². The molecule has 0 aliphatic rings. The van der Waals surface area contributed by atoms with Gasteiger partial charge in [-0.15, -0.1) is 0 Å². The normalized spacial score (nSPS) is 8.10. The Morgan fingerprint density at radius 2 is 1.20 bits per heavy atom. The van der Waals surface area contributed by atoms with E-state index >= 15 is 0 Å². The van der Waals surface area contributed by atoms with Crippen LogP contribution in [0.1, 0.15) is 34.1 Å². The summed E-state index contributed by atoms with van der Waals surface area (Å²) in [6.45, 7) is 5.96. The third-order valence-corrected chi connectivity index (χ3v) is 0.929. The van der Waals surface area contributed by atoms with Gasteiger partial charge in [-0.05, 0) is 33.8 Å². The Morgan fingerprint density at radius 1 is 0.950 bits per heavy atom. The van der Waals surface area contributed by atoms with Crippen molar-refractivity contribution in [1.82, 2.24) is 6.15 Å². The molecule has 0 rings (SSSR count). The summed E-state index contributed by atoms with van der Waals surface area (Å²) < 4.78 is 0. The molecule has 0 aliphatic heterocycles. The van der Waals surface area contributed by atoms with Crippen molar-refractivity contribution in [3.05, 3.63) is 11.8 Å². The standard InChI is InChI=1S/C5H9NO.C5H8O2.CH3NO2.BH4.H3N/c2*1-4(6)3-5(2)7;2-1(3)4;;/h3H,6H2,1-2H3;3H2,1-2H3;2H2,(H,3,4);1H4;1H3/q;;;-1;/b4-3-;;;;. The van der Waals surface area contributed by atoms with Crippen LogP contribution in [0.5, 0.6) is 0 Å². The van der Waals surface area contributed by atoms with Crippen LogP contribution in [0.3, 0.4) is 0 Å². The van der Waals surface area contributed by atoms with Crippen molar-refractivity contribution < 1.29 is 24.3 Å². The Bertz CT molecular complexity index is 323. The van der Waals surface area contributed by atoms with Gasteiger partial charge in [-0.25, -0.2) is 4.79 Å². The molecule has 9 heteroatoms. The maximum absolute atomic E-state index is 10.1. The van der Waals surface area contributed by atoms with Crippen molar-refractivity contribution in [2.75, 3.05) is 0 Å². The van der Waals surface area contributed by atoms with Gasteiger partial charge in [0.25, 0.3) is 0 Å². The first-order valence-electron chi connectivity index (χ1n) is 4.90. The lowest BCUT2D eigenvalue weighted by atomic mass is 10.2. The van der Waals surface area contributed by atoms with E-state index < -0.39 is 6.09 Å². The van der Waals surface area contributed by atoms with Crippen molar-refractivity contribution in [3.8, 4) is 0 Å². The van der Waals surface area contributed by atoms with Gasteiger partial charge in [-0.3, -0.25) is 14.4 Å². The SMILES string of the molecule is CC(=O)/C=C(/C)N.CC(=O)CC(C)=O.N.NC(=O)O.[BH4-]. The maximum atomic E-state index is 10.1. The van der Waals surface area contributed by atoms with Crippen LogP contribution < -0.4 is 17.6 Å². The molecule has 0 heterocycles. The van der Waals surface area contributed by atoms with E-state index in [2.05, 4.69) is 5.73 Å². The Morgan fingerprint density at radius 3 is 1.20 bits per heavy atom. The molecule has 0 saturated carbocycles. The first kappa shape index (κ1) is 30.7. The average Bonchev–Trinajstić information content (AvgIpc) is 1.96. The van der Waals surface area contributed by atoms with Crippen molar-refractivity contribution >= 4 is 31.9 Å². The lowest BCUT2D eigenvalue weighted by Gasteiger charge is -1.81. The fourth-order valence-corrected chi connectivity index (χ4v) is 0.671. The number of primary amides is 1. The summed E-state index contributed by atoms with van der Waals surface area (Å²) in [6, 6.07) is 0. The minimum Gasteiger partial charge on any atom is -0.465 e. The summed E-state index contributed by atoms with van der Waals surface area (Å²) >= 11 is 0. The highest BCUT2D eigenvalue weighted by atomic mass is 16.4. The second kappa shape index (κ2) is 19.2. The molecule has 0 aromatic heterocycles. The predicted octanol–water partition coefficient (Wildman–Crippen LogP) is -0.674. The smallest absolute Gasteiger partial charge is 0.402 e. The zero-order valence-corrected chi connectivity index (χ0v) is 11.7. The number of amides is 1. The Kier molecular flexibility index (Phi) is 29.4. The Hall–Kier alpha value is -2.16.